The number of aliphatic hydroxyl groups excluding tert-OH is 1. The van der Waals surface area contributed by atoms with Crippen molar-refractivity contribution in [1.29, 1.82) is 0 Å². The summed E-state index contributed by atoms with van der Waals surface area (Å²) in [7, 11) is 0. The third-order valence-electron chi connectivity index (χ3n) is 4.18. The molecule has 0 radical (unpaired) electrons. The topological polar surface area (TPSA) is 44.3 Å². The van der Waals surface area contributed by atoms with E-state index in [2.05, 4.69) is 16.7 Å². The van der Waals surface area contributed by atoms with E-state index in [1.165, 1.54) is 0 Å². The first-order valence-electron chi connectivity index (χ1n) is 6.55. The van der Waals surface area contributed by atoms with Crippen LogP contribution >= 0.6 is 0 Å². The molecule has 1 unspecified atom stereocenters. The summed E-state index contributed by atoms with van der Waals surface area (Å²) in [4.78, 5) is 0. The third-order valence-corrected chi connectivity index (χ3v) is 4.18. The SMILES string of the molecule is OC1CCC2(CCNCC2)Nc2ccccc21. The van der Waals surface area contributed by atoms with Crippen LogP contribution in [0.2, 0.25) is 0 Å². The zero-order valence-electron chi connectivity index (χ0n) is 10.1. The van der Waals surface area contributed by atoms with Crippen LogP contribution in [0.5, 0.6) is 0 Å². The lowest BCUT2D eigenvalue weighted by Gasteiger charge is -2.38. The number of piperidine rings is 1. The molecule has 3 heteroatoms. The quantitative estimate of drug-likeness (QED) is 0.641. The van der Waals surface area contributed by atoms with Crippen molar-refractivity contribution >= 4 is 5.69 Å². The Kier molecular flexibility index (Phi) is 2.81. The molecule has 17 heavy (non-hydrogen) atoms. The number of fused-ring (bicyclic) bond motifs is 1. The van der Waals surface area contributed by atoms with Crippen molar-refractivity contribution in [2.24, 2.45) is 0 Å². The van der Waals surface area contributed by atoms with Crippen LogP contribution in [0.15, 0.2) is 24.3 Å². The summed E-state index contributed by atoms with van der Waals surface area (Å²) in [5, 5.41) is 17.3. The van der Waals surface area contributed by atoms with E-state index in [0.29, 0.717) is 0 Å². The maximum Gasteiger partial charge on any atom is 0.0810 e. The molecule has 1 aromatic carbocycles. The molecule has 3 rings (SSSR count). The molecule has 1 fully saturated rings. The van der Waals surface area contributed by atoms with E-state index in [9.17, 15) is 5.11 Å². The van der Waals surface area contributed by atoms with Crippen LogP contribution in [-0.4, -0.2) is 23.7 Å². The fourth-order valence-corrected chi connectivity index (χ4v) is 3.10. The van der Waals surface area contributed by atoms with Crippen LogP contribution in [0.3, 0.4) is 0 Å². The minimum atomic E-state index is -0.312. The zero-order chi connectivity index (χ0) is 11.7. The predicted molar refractivity (Wildman–Crippen MR) is 69.1 cm³/mol. The van der Waals surface area contributed by atoms with Crippen molar-refractivity contribution in [3.63, 3.8) is 0 Å². The van der Waals surface area contributed by atoms with Gasteiger partial charge < -0.3 is 15.7 Å². The Morgan fingerprint density at radius 3 is 2.71 bits per heavy atom. The van der Waals surface area contributed by atoms with Gasteiger partial charge in [-0.1, -0.05) is 18.2 Å². The Labute approximate surface area is 102 Å². The van der Waals surface area contributed by atoms with Crippen LogP contribution < -0.4 is 10.6 Å². The summed E-state index contributed by atoms with van der Waals surface area (Å²) in [5.74, 6) is 0. The number of hydrogen-bond donors (Lipinski definition) is 3. The minimum absolute atomic E-state index is 0.193. The second-order valence-electron chi connectivity index (χ2n) is 5.30. The molecule has 0 aromatic heterocycles. The van der Waals surface area contributed by atoms with Crippen LogP contribution in [0.4, 0.5) is 5.69 Å². The Morgan fingerprint density at radius 2 is 1.88 bits per heavy atom. The van der Waals surface area contributed by atoms with Gasteiger partial charge in [0.1, 0.15) is 0 Å². The van der Waals surface area contributed by atoms with E-state index < -0.39 is 0 Å². The first kappa shape index (κ1) is 11.1. The average molecular weight is 232 g/mol. The molecule has 0 aliphatic carbocycles. The van der Waals surface area contributed by atoms with Gasteiger partial charge in [0.15, 0.2) is 0 Å². The van der Waals surface area contributed by atoms with Gasteiger partial charge in [0, 0.05) is 16.8 Å². The molecule has 1 aromatic rings. The van der Waals surface area contributed by atoms with Crippen molar-refractivity contribution in [3.8, 4) is 0 Å². The Hall–Kier alpha value is -1.06. The molecule has 2 aliphatic heterocycles. The standard InChI is InChI=1S/C14H20N2O/c17-13-5-6-14(7-9-15-10-8-14)16-12-4-2-1-3-11(12)13/h1-4,13,15-17H,5-10H2. The molecule has 1 saturated heterocycles. The Balaban J connectivity index is 1.93. The van der Waals surface area contributed by atoms with Crippen molar-refractivity contribution < 1.29 is 5.11 Å². The number of benzene rings is 1. The van der Waals surface area contributed by atoms with Gasteiger partial charge in [-0.15, -0.1) is 0 Å². The van der Waals surface area contributed by atoms with Gasteiger partial charge in [-0.3, -0.25) is 0 Å². The predicted octanol–water partition coefficient (Wildman–Crippen LogP) is 2.05. The normalized spacial score (nSPS) is 27.0. The largest absolute Gasteiger partial charge is 0.388 e. The van der Waals surface area contributed by atoms with Gasteiger partial charge in [0.25, 0.3) is 0 Å². The van der Waals surface area contributed by atoms with Gasteiger partial charge in [0.2, 0.25) is 0 Å². The maximum atomic E-state index is 10.2. The van der Waals surface area contributed by atoms with Gasteiger partial charge in [-0.2, -0.15) is 0 Å². The van der Waals surface area contributed by atoms with Gasteiger partial charge in [0.05, 0.1) is 6.10 Å². The molecule has 3 nitrogen and oxygen atoms in total. The number of hydrogen-bond acceptors (Lipinski definition) is 3. The third kappa shape index (κ3) is 2.05. The highest BCUT2D eigenvalue weighted by Gasteiger charge is 2.35. The van der Waals surface area contributed by atoms with Gasteiger partial charge >= 0.3 is 0 Å². The first-order chi connectivity index (χ1) is 8.29. The highest BCUT2D eigenvalue weighted by atomic mass is 16.3. The fraction of sp³-hybridized carbons (Fsp3) is 0.571. The average Bonchev–Trinajstić information content (AvgIpc) is 2.50. The molecule has 0 amide bonds. The molecule has 1 spiro atoms. The molecule has 92 valence electrons. The number of nitrogens with one attached hydrogen (secondary N) is 2. The summed E-state index contributed by atoms with van der Waals surface area (Å²) in [6.07, 6.45) is 3.91. The summed E-state index contributed by atoms with van der Waals surface area (Å²) >= 11 is 0. The van der Waals surface area contributed by atoms with E-state index in [1.54, 1.807) is 0 Å². The molecule has 0 saturated carbocycles. The van der Waals surface area contributed by atoms with Gasteiger partial charge in [-0.05, 0) is 44.8 Å². The van der Waals surface area contributed by atoms with Crippen LogP contribution in [0.1, 0.15) is 37.4 Å². The second kappa shape index (κ2) is 4.31. The molecular formula is C14H20N2O. The summed E-state index contributed by atoms with van der Waals surface area (Å²) < 4.78 is 0. The zero-order valence-corrected chi connectivity index (χ0v) is 10.1. The fourth-order valence-electron chi connectivity index (χ4n) is 3.10. The number of rotatable bonds is 0. The Morgan fingerprint density at radius 1 is 1.12 bits per heavy atom. The smallest absolute Gasteiger partial charge is 0.0810 e. The summed E-state index contributed by atoms with van der Waals surface area (Å²) in [6.45, 7) is 2.15. The van der Waals surface area contributed by atoms with Crippen molar-refractivity contribution in [3.05, 3.63) is 29.8 Å². The van der Waals surface area contributed by atoms with E-state index in [1.807, 2.05) is 18.2 Å². The Bertz CT molecular complexity index is 399. The summed E-state index contributed by atoms with van der Waals surface area (Å²) in [5.41, 5.74) is 2.38. The lowest BCUT2D eigenvalue weighted by Crippen LogP contribution is -2.47. The van der Waals surface area contributed by atoms with E-state index in [4.69, 9.17) is 0 Å². The molecule has 3 N–H and O–H groups in total. The van der Waals surface area contributed by atoms with Crippen molar-refractivity contribution in [2.75, 3.05) is 18.4 Å². The second-order valence-corrected chi connectivity index (χ2v) is 5.30. The summed E-state index contributed by atoms with van der Waals surface area (Å²) in [6, 6.07) is 8.17. The highest BCUT2D eigenvalue weighted by molar-refractivity contribution is 5.55. The number of aliphatic hydroxyl groups is 1. The monoisotopic (exact) mass is 232 g/mol. The minimum Gasteiger partial charge on any atom is -0.388 e. The number of para-hydroxylation sites is 1. The van der Waals surface area contributed by atoms with E-state index >= 15 is 0 Å². The van der Waals surface area contributed by atoms with Crippen LogP contribution in [0.25, 0.3) is 0 Å². The van der Waals surface area contributed by atoms with Crippen molar-refractivity contribution in [1.82, 2.24) is 5.32 Å². The van der Waals surface area contributed by atoms with Crippen LogP contribution in [-0.2, 0) is 0 Å². The molecule has 2 aliphatic rings. The van der Waals surface area contributed by atoms with E-state index in [-0.39, 0.29) is 11.6 Å². The molecular weight excluding hydrogens is 212 g/mol. The molecule has 0 bridgehead atoms. The lowest BCUT2D eigenvalue weighted by molar-refractivity contribution is 0.155. The lowest BCUT2D eigenvalue weighted by atomic mass is 9.84. The molecule has 1 atom stereocenters. The maximum absolute atomic E-state index is 10.2. The first-order valence-corrected chi connectivity index (χ1v) is 6.55. The molecule has 2 heterocycles. The van der Waals surface area contributed by atoms with E-state index in [0.717, 1.165) is 50.0 Å². The van der Waals surface area contributed by atoms with Crippen molar-refractivity contribution in [2.45, 2.75) is 37.3 Å². The highest BCUT2D eigenvalue weighted by Crippen LogP contribution is 2.38. The number of anilines is 1. The van der Waals surface area contributed by atoms with Gasteiger partial charge in [-0.25, -0.2) is 0 Å². The van der Waals surface area contributed by atoms with Crippen LogP contribution in [0, 0.1) is 0 Å².